The van der Waals surface area contributed by atoms with E-state index in [-0.39, 0.29) is 5.41 Å². The van der Waals surface area contributed by atoms with E-state index in [0.717, 1.165) is 5.69 Å². The summed E-state index contributed by atoms with van der Waals surface area (Å²) in [6.45, 7) is 6.25. The van der Waals surface area contributed by atoms with Gasteiger partial charge in [0.05, 0.1) is 5.69 Å². The van der Waals surface area contributed by atoms with E-state index in [1.165, 1.54) is 6.26 Å². The molecular weight excluding hydrogens is 234 g/mol. The molecule has 0 bridgehead atoms. The predicted molar refractivity (Wildman–Crippen MR) is 68.7 cm³/mol. The van der Waals surface area contributed by atoms with Crippen molar-refractivity contribution < 1.29 is 8.42 Å². The van der Waals surface area contributed by atoms with Crippen LogP contribution >= 0.6 is 0 Å². The zero-order chi connectivity index (χ0) is 12.9. The van der Waals surface area contributed by atoms with Crippen molar-refractivity contribution in [2.75, 3.05) is 6.26 Å². The van der Waals surface area contributed by atoms with E-state index in [0.29, 0.717) is 18.5 Å². The monoisotopic (exact) mass is 253 g/mol. The van der Waals surface area contributed by atoms with Crippen LogP contribution in [0.25, 0.3) is 0 Å². The first-order valence-corrected chi connectivity index (χ1v) is 7.74. The minimum absolute atomic E-state index is 0.0520. The average molecular weight is 253 g/mol. The van der Waals surface area contributed by atoms with Gasteiger partial charge in [0.15, 0.2) is 9.84 Å². The number of sulfone groups is 1. The van der Waals surface area contributed by atoms with Gasteiger partial charge in [-0.2, -0.15) is 0 Å². The molecule has 1 saturated carbocycles. The smallest absolute Gasteiger partial charge is 0.158 e. The molecular formula is C13H19NO2S. The second kappa shape index (κ2) is 3.55. The van der Waals surface area contributed by atoms with Gasteiger partial charge < -0.3 is 0 Å². The quantitative estimate of drug-likeness (QED) is 0.813. The zero-order valence-corrected chi connectivity index (χ0v) is 11.6. The minimum atomic E-state index is -3.07. The van der Waals surface area contributed by atoms with Crippen molar-refractivity contribution in [1.29, 1.82) is 0 Å². The Morgan fingerprint density at radius 1 is 1.24 bits per heavy atom. The topological polar surface area (TPSA) is 47.0 Å². The molecule has 1 aliphatic carbocycles. The maximum absolute atomic E-state index is 11.8. The highest BCUT2D eigenvalue weighted by Crippen LogP contribution is 2.51. The highest BCUT2D eigenvalue weighted by Gasteiger charge is 2.54. The van der Waals surface area contributed by atoms with Crippen molar-refractivity contribution in [2.45, 2.75) is 43.8 Å². The molecule has 17 heavy (non-hydrogen) atoms. The lowest BCUT2D eigenvalue weighted by atomic mass is 9.91. The average Bonchev–Trinajstić information content (AvgIpc) is 2.96. The van der Waals surface area contributed by atoms with Crippen LogP contribution in [0.3, 0.4) is 0 Å². The fourth-order valence-electron chi connectivity index (χ4n) is 2.04. The van der Waals surface area contributed by atoms with E-state index in [1.54, 1.807) is 0 Å². The molecule has 1 fully saturated rings. The Kier molecular flexibility index (Phi) is 2.62. The van der Waals surface area contributed by atoms with E-state index < -0.39 is 14.6 Å². The predicted octanol–water partition coefficient (Wildman–Crippen LogP) is 2.41. The molecule has 0 radical (unpaired) electrons. The van der Waals surface area contributed by atoms with E-state index >= 15 is 0 Å². The third-order valence-electron chi connectivity index (χ3n) is 3.40. The highest BCUT2D eigenvalue weighted by atomic mass is 32.2. The Labute approximate surface area is 103 Å². The van der Waals surface area contributed by atoms with Gasteiger partial charge in [0, 0.05) is 17.4 Å². The van der Waals surface area contributed by atoms with E-state index in [4.69, 9.17) is 0 Å². The molecule has 0 atom stereocenters. The van der Waals surface area contributed by atoms with Crippen LogP contribution in [0.4, 0.5) is 0 Å². The molecule has 94 valence electrons. The number of rotatable bonds is 2. The standard InChI is InChI=1S/C13H19NO2S/c1-12(2,3)10-6-5-7-11(14-10)13(8-9-13)17(4,15)16/h5-7H,8-9H2,1-4H3. The van der Waals surface area contributed by atoms with E-state index in [9.17, 15) is 8.42 Å². The molecule has 1 aliphatic rings. The zero-order valence-electron chi connectivity index (χ0n) is 10.8. The lowest BCUT2D eigenvalue weighted by Gasteiger charge is -2.20. The van der Waals surface area contributed by atoms with Crippen LogP contribution in [0.2, 0.25) is 0 Å². The summed E-state index contributed by atoms with van der Waals surface area (Å²) in [5.41, 5.74) is 1.61. The summed E-state index contributed by atoms with van der Waals surface area (Å²) in [5.74, 6) is 0. The fourth-order valence-corrected chi connectivity index (χ4v) is 3.37. The molecule has 0 saturated heterocycles. The van der Waals surface area contributed by atoms with Gasteiger partial charge in [-0.25, -0.2) is 8.42 Å². The summed E-state index contributed by atoms with van der Waals surface area (Å²) < 4.78 is 23.0. The molecule has 1 aromatic heterocycles. The number of aromatic nitrogens is 1. The SMILES string of the molecule is CC(C)(C)c1cccc(C2(S(C)(=O)=O)CC2)n1. The Morgan fingerprint density at radius 3 is 2.24 bits per heavy atom. The number of hydrogen-bond acceptors (Lipinski definition) is 3. The molecule has 4 heteroatoms. The van der Waals surface area contributed by atoms with Crippen LogP contribution in [0.5, 0.6) is 0 Å². The van der Waals surface area contributed by atoms with Crippen molar-refractivity contribution >= 4 is 9.84 Å². The molecule has 0 N–H and O–H groups in total. The maximum atomic E-state index is 11.8. The molecule has 1 aromatic rings. The Bertz CT molecular complexity index is 537. The highest BCUT2D eigenvalue weighted by molar-refractivity contribution is 7.91. The van der Waals surface area contributed by atoms with Crippen LogP contribution in [-0.4, -0.2) is 19.7 Å². The summed E-state index contributed by atoms with van der Waals surface area (Å²) >= 11 is 0. The molecule has 0 spiro atoms. The summed E-state index contributed by atoms with van der Waals surface area (Å²) in [7, 11) is -3.07. The largest absolute Gasteiger partial charge is 0.256 e. The minimum Gasteiger partial charge on any atom is -0.256 e. The van der Waals surface area contributed by atoms with Crippen molar-refractivity contribution in [3.05, 3.63) is 29.6 Å². The van der Waals surface area contributed by atoms with Crippen LogP contribution in [0.15, 0.2) is 18.2 Å². The van der Waals surface area contributed by atoms with Crippen LogP contribution in [-0.2, 0) is 20.0 Å². The second-order valence-electron chi connectivity index (χ2n) is 5.92. The van der Waals surface area contributed by atoms with Crippen LogP contribution in [0, 0.1) is 0 Å². The third kappa shape index (κ3) is 2.10. The fraction of sp³-hybridized carbons (Fsp3) is 0.615. The summed E-state index contributed by atoms with van der Waals surface area (Å²) in [5, 5.41) is 0. The van der Waals surface area contributed by atoms with Gasteiger partial charge in [0.25, 0.3) is 0 Å². The van der Waals surface area contributed by atoms with Gasteiger partial charge >= 0.3 is 0 Å². The summed E-state index contributed by atoms with van der Waals surface area (Å²) in [6, 6.07) is 5.71. The molecule has 0 amide bonds. The van der Waals surface area contributed by atoms with Crippen molar-refractivity contribution in [3.8, 4) is 0 Å². The van der Waals surface area contributed by atoms with Crippen molar-refractivity contribution in [2.24, 2.45) is 0 Å². The molecule has 0 unspecified atom stereocenters. The lowest BCUT2D eigenvalue weighted by molar-refractivity contribution is 0.558. The van der Waals surface area contributed by atoms with Gasteiger partial charge in [-0.1, -0.05) is 26.8 Å². The van der Waals surface area contributed by atoms with Crippen molar-refractivity contribution in [3.63, 3.8) is 0 Å². The van der Waals surface area contributed by atoms with E-state index in [2.05, 4.69) is 25.8 Å². The van der Waals surface area contributed by atoms with Crippen LogP contribution in [0.1, 0.15) is 45.0 Å². The van der Waals surface area contributed by atoms with E-state index in [1.807, 2.05) is 18.2 Å². The van der Waals surface area contributed by atoms with Crippen LogP contribution < -0.4 is 0 Å². The molecule has 3 nitrogen and oxygen atoms in total. The Hall–Kier alpha value is -0.900. The van der Waals surface area contributed by atoms with Gasteiger partial charge in [0.1, 0.15) is 4.75 Å². The first-order chi connectivity index (χ1) is 7.67. The molecule has 2 rings (SSSR count). The van der Waals surface area contributed by atoms with Gasteiger partial charge in [-0.05, 0) is 25.0 Å². The number of nitrogens with zero attached hydrogens (tertiary/aromatic N) is 1. The maximum Gasteiger partial charge on any atom is 0.158 e. The van der Waals surface area contributed by atoms with Gasteiger partial charge in [0.2, 0.25) is 0 Å². The molecule has 0 aliphatic heterocycles. The first-order valence-electron chi connectivity index (χ1n) is 5.84. The van der Waals surface area contributed by atoms with Gasteiger partial charge in [-0.3, -0.25) is 4.98 Å². The number of hydrogen-bond donors (Lipinski definition) is 0. The summed E-state index contributed by atoms with van der Waals surface area (Å²) in [4.78, 5) is 4.57. The lowest BCUT2D eigenvalue weighted by Crippen LogP contribution is -2.23. The number of pyridine rings is 1. The third-order valence-corrected chi connectivity index (χ3v) is 5.44. The normalized spacial score (nSPS) is 19.1. The van der Waals surface area contributed by atoms with Gasteiger partial charge in [-0.15, -0.1) is 0 Å². The second-order valence-corrected chi connectivity index (χ2v) is 8.25. The Morgan fingerprint density at radius 2 is 1.82 bits per heavy atom. The Balaban J connectivity index is 2.49. The van der Waals surface area contributed by atoms with Crippen molar-refractivity contribution in [1.82, 2.24) is 4.98 Å². The summed E-state index contributed by atoms with van der Waals surface area (Å²) in [6.07, 6.45) is 2.71. The first kappa shape index (κ1) is 12.6. The molecule has 1 heterocycles. The molecule has 0 aromatic carbocycles.